The van der Waals surface area contributed by atoms with Crippen molar-refractivity contribution < 1.29 is 22.9 Å². The summed E-state index contributed by atoms with van der Waals surface area (Å²) < 4.78 is 33.5. The first kappa shape index (κ1) is 24.4. The van der Waals surface area contributed by atoms with Gasteiger partial charge in [-0.2, -0.15) is 0 Å². The van der Waals surface area contributed by atoms with Gasteiger partial charge in [0, 0.05) is 23.2 Å². The number of fused-ring (bicyclic) bond motifs is 2. The van der Waals surface area contributed by atoms with Crippen LogP contribution in [0.4, 0.5) is 10.1 Å². The predicted molar refractivity (Wildman–Crippen MR) is 139 cm³/mol. The lowest BCUT2D eigenvalue weighted by Gasteiger charge is -2.24. The molecule has 1 aliphatic heterocycles. The van der Waals surface area contributed by atoms with Gasteiger partial charge < -0.3 is 15.0 Å². The summed E-state index contributed by atoms with van der Waals surface area (Å²) in [4.78, 5) is 28.9. The van der Waals surface area contributed by atoms with Crippen molar-refractivity contribution in [1.29, 1.82) is 0 Å². The highest BCUT2D eigenvalue weighted by Crippen LogP contribution is 2.36. The normalized spacial score (nSPS) is 14.4. The molecule has 0 saturated carbocycles. The van der Waals surface area contributed by atoms with Crippen molar-refractivity contribution >= 4 is 28.3 Å². The van der Waals surface area contributed by atoms with Crippen LogP contribution in [-0.4, -0.2) is 23.1 Å². The van der Waals surface area contributed by atoms with E-state index in [1.54, 1.807) is 61.7 Å². The zero-order valence-electron chi connectivity index (χ0n) is 19.9. The van der Waals surface area contributed by atoms with Crippen molar-refractivity contribution in [2.75, 3.05) is 12.0 Å². The number of nitrogens with one attached hydrogen (secondary N) is 1. The van der Waals surface area contributed by atoms with Crippen molar-refractivity contribution in [2.45, 2.75) is 22.9 Å². The van der Waals surface area contributed by atoms with Gasteiger partial charge in [0.05, 0.1) is 45.5 Å². The number of benzene rings is 4. The van der Waals surface area contributed by atoms with E-state index in [4.69, 9.17) is 4.74 Å². The first-order valence-electron chi connectivity index (χ1n) is 11.6. The molecule has 186 valence electrons. The van der Waals surface area contributed by atoms with E-state index in [-0.39, 0.29) is 30.1 Å². The van der Waals surface area contributed by atoms with Crippen molar-refractivity contribution in [3.05, 3.63) is 119 Å². The molecule has 1 atom stereocenters. The summed E-state index contributed by atoms with van der Waals surface area (Å²) in [5.41, 5.74) is 1.96. The molecule has 1 heterocycles. The molecule has 0 fully saturated rings. The fourth-order valence-corrected chi connectivity index (χ4v) is 5.63. The van der Waals surface area contributed by atoms with E-state index in [2.05, 4.69) is 5.32 Å². The second-order valence-corrected chi connectivity index (χ2v) is 9.84. The van der Waals surface area contributed by atoms with Crippen LogP contribution in [-0.2, 0) is 23.9 Å². The number of ether oxygens (including phenoxy) is 1. The summed E-state index contributed by atoms with van der Waals surface area (Å²) in [6.07, 6.45) is 0. The Morgan fingerprint density at radius 2 is 1.62 bits per heavy atom. The number of nitrogens with zero attached hydrogens (tertiary/aromatic N) is 1. The quantitative estimate of drug-likeness (QED) is 0.389. The molecule has 0 radical (unpaired) electrons. The molecule has 1 N–H and O–H groups in total. The van der Waals surface area contributed by atoms with Crippen LogP contribution in [0.5, 0.6) is 5.75 Å². The lowest BCUT2D eigenvalue weighted by molar-refractivity contribution is 0.0947. The summed E-state index contributed by atoms with van der Waals surface area (Å²) >= 11 is 0. The number of carbonyl (C=O) groups is 2. The van der Waals surface area contributed by atoms with Crippen molar-refractivity contribution in [2.24, 2.45) is 0 Å². The third-order valence-electron chi connectivity index (χ3n) is 6.19. The van der Waals surface area contributed by atoms with Crippen LogP contribution in [0.2, 0.25) is 0 Å². The molecule has 0 aliphatic carbocycles. The van der Waals surface area contributed by atoms with Gasteiger partial charge in [-0.25, -0.2) is 8.60 Å². The Hall–Kier alpha value is -4.30. The number of anilines is 1. The van der Waals surface area contributed by atoms with Crippen LogP contribution >= 0.6 is 0 Å². The molecule has 4 aromatic carbocycles. The highest BCUT2D eigenvalue weighted by Gasteiger charge is 2.32. The van der Waals surface area contributed by atoms with Crippen LogP contribution < -0.4 is 15.0 Å². The monoisotopic (exact) mass is 514 g/mol. The van der Waals surface area contributed by atoms with E-state index in [0.717, 1.165) is 5.56 Å². The van der Waals surface area contributed by atoms with Gasteiger partial charge in [-0.15, -0.1) is 0 Å². The molecule has 0 saturated heterocycles. The van der Waals surface area contributed by atoms with Gasteiger partial charge in [0.2, 0.25) is 0 Å². The van der Waals surface area contributed by atoms with E-state index >= 15 is 0 Å². The van der Waals surface area contributed by atoms with E-state index in [9.17, 15) is 18.2 Å². The third kappa shape index (κ3) is 4.75. The van der Waals surface area contributed by atoms with E-state index < -0.39 is 22.5 Å². The average molecular weight is 515 g/mol. The molecule has 37 heavy (non-hydrogen) atoms. The Morgan fingerprint density at radius 3 is 2.41 bits per heavy atom. The van der Waals surface area contributed by atoms with Gasteiger partial charge in [-0.3, -0.25) is 9.59 Å². The molecule has 8 heteroatoms. The highest BCUT2D eigenvalue weighted by molar-refractivity contribution is 7.85. The highest BCUT2D eigenvalue weighted by atomic mass is 32.2. The molecule has 1 aliphatic rings. The van der Waals surface area contributed by atoms with Gasteiger partial charge in [0.15, 0.2) is 0 Å². The van der Waals surface area contributed by atoms with Crippen molar-refractivity contribution in [1.82, 2.24) is 5.32 Å². The number of hydrogen-bond donors (Lipinski definition) is 1. The fraction of sp³-hybridized carbons (Fsp3) is 0.103. The number of rotatable bonds is 6. The van der Waals surface area contributed by atoms with Gasteiger partial charge in [-0.05, 0) is 42.5 Å². The molecule has 0 aromatic heterocycles. The molecule has 0 unspecified atom stereocenters. The zero-order valence-corrected chi connectivity index (χ0v) is 20.8. The van der Waals surface area contributed by atoms with Gasteiger partial charge in [-0.1, -0.05) is 48.5 Å². The second kappa shape index (κ2) is 10.4. The van der Waals surface area contributed by atoms with Crippen molar-refractivity contribution in [3.8, 4) is 5.75 Å². The molecule has 2 amide bonds. The summed E-state index contributed by atoms with van der Waals surface area (Å²) in [7, 11) is -0.114. The Morgan fingerprint density at radius 1 is 0.919 bits per heavy atom. The number of hydrogen-bond acceptors (Lipinski definition) is 4. The predicted octanol–water partition coefficient (Wildman–Crippen LogP) is 5.09. The Balaban J connectivity index is 1.54. The standard InChI is InChI=1S/C29H23FN2O4S/c1-36-25-12-6-3-8-20(25)17-31-28(33)19-14-15-27-24(16-19)32(18-21-9-2-5-11-23(21)30)29(34)22-10-4-7-13-26(22)37(27)35/h2-16H,17-18H2,1H3,(H,31,33)/t37-/m1/s1. The summed E-state index contributed by atoms with van der Waals surface area (Å²) in [6, 6.07) is 24.9. The summed E-state index contributed by atoms with van der Waals surface area (Å²) in [5.74, 6) is -0.599. The van der Waals surface area contributed by atoms with Crippen LogP contribution in [0.25, 0.3) is 0 Å². The molecular weight excluding hydrogens is 491 g/mol. The maximum Gasteiger partial charge on any atom is 0.259 e. The fourth-order valence-electron chi connectivity index (χ4n) is 4.29. The van der Waals surface area contributed by atoms with Gasteiger partial charge in [0.25, 0.3) is 11.8 Å². The van der Waals surface area contributed by atoms with E-state index in [1.807, 2.05) is 24.3 Å². The Bertz CT molecular complexity index is 1540. The first-order chi connectivity index (χ1) is 18.0. The van der Waals surface area contributed by atoms with Crippen molar-refractivity contribution in [3.63, 3.8) is 0 Å². The number of para-hydroxylation sites is 1. The molecule has 0 spiro atoms. The topological polar surface area (TPSA) is 75.7 Å². The maximum absolute atomic E-state index is 14.6. The minimum absolute atomic E-state index is 0.0870. The Labute approximate surface area is 216 Å². The summed E-state index contributed by atoms with van der Waals surface area (Å²) in [5, 5.41) is 2.87. The minimum Gasteiger partial charge on any atom is -0.496 e. The SMILES string of the molecule is COc1ccccc1CNC(=O)c1ccc2c(c1)N(Cc1ccccc1F)C(=O)c1ccccc1[S@]2=O. The first-order valence-corrected chi connectivity index (χ1v) is 12.7. The lowest BCUT2D eigenvalue weighted by atomic mass is 10.1. The van der Waals surface area contributed by atoms with E-state index in [0.29, 0.717) is 26.8 Å². The third-order valence-corrected chi connectivity index (χ3v) is 7.69. The minimum atomic E-state index is -1.68. The number of halogens is 1. The second-order valence-electron chi connectivity index (χ2n) is 8.42. The van der Waals surface area contributed by atoms with Crippen LogP contribution in [0.1, 0.15) is 31.8 Å². The van der Waals surface area contributed by atoms with Crippen LogP contribution in [0, 0.1) is 5.82 Å². The van der Waals surface area contributed by atoms with Gasteiger partial charge >= 0.3 is 0 Å². The summed E-state index contributed by atoms with van der Waals surface area (Å²) in [6.45, 7) is 0.144. The van der Waals surface area contributed by atoms with E-state index in [1.165, 1.54) is 17.0 Å². The smallest absolute Gasteiger partial charge is 0.259 e. The zero-order chi connectivity index (χ0) is 25.9. The number of amides is 2. The molecule has 5 rings (SSSR count). The largest absolute Gasteiger partial charge is 0.496 e. The van der Waals surface area contributed by atoms with Crippen LogP contribution in [0.3, 0.4) is 0 Å². The molecular formula is C29H23FN2O4S. The Kier molecular flexibility index (Phi) is 6.83. The number of methoxy groups -OCH3 is 1. The van der Waals surface area contributed by atoms with Crippen LogP contribution in [0.15, 0.2) is 101 Å². The number of carbonyl (C=O) groups excluding carboxylic acids is 2. The molecule has 0 bridgehead atoms. The lowest BCUT2D eigenvalue weighted by Crippen LogP contribution is -2.31. The average Bonchev–Trinajstić information content (AvgIpc) is 3.02. The maximum atomic E-state index is 14.6. The molecule has 6 nitrogen and oxygen atoms in total. The molecule has 4 aromatic rings. The van der Waals surface area contributed by atoms with Gasteiger partial charge in [0.1, 0.15) is 11.6 Å².